The molecule has 4 heteroatoms. The molecule has 1 aromatic rings. The second kappa shape index (κ2) is 5.75. The highest BCUT2D eigenvalue weighted by molar-refractivity contribution is 7.80. The molecule has 2 N–H and O–H groups in total. The fourth-order valence-corrected chi connectivity index (χ4v) is 2.67. The van der Waals surface area contributed by atoms with Crippen molar-refractivity contribution in [1.82, 2.24) is 4.90 Å². The van der Waals surface area contributed by atoms with Gasteiger partial charge in [-0.05, 0) is 30.7 Å². The smallest absolute Gasteiger partial charge is 0.0740 e. The molecule has 2 nitrogen and oxygen atoms in total. The van der Waals surface area contributed by atoms with Gasteiger partial charge in [-0.1, -0.05) is 18.3 Å². The van der Waals surface area contributed by atoms with Gasteiger partial charge in [0.25, 0.3) is 0 Å². The molecule has 0 atom stereocenters. The monoisotopic (exact) mass is 254 g/mol. The van der Waals surface area contributed by atoms with Crippen molar-refractivity contribution in [2.45, 2.75) is 31.7 Å². The van der Waals surface area contributed by atoms with Gasteiger partial charge in [0.15, 0.2) is 0 Å². The van der Waals surface area contributed by atoms with E-state index in [0.717, 1.165) is 32.0 Å². The van der Waals surface area contributed by atoms with E-state index in [4.69, 9.17) is 18.0 Å². The molecule has 1 saturated carbocycles. The normalized spacial score (nSPS) is 15.6. The average molecular weight is 254 g/mol. The average Bonchev–Trinajstić information content (AvgIpc) is 2.95. The summed E-state index contributed by atoms with van der Waals surface area (Å²) in [7, 11) is 0. The molecule has 1 fully saturated rings. The van der Waals surface area contributed by atoms with Crippen LogP contribution < -0.4 is 5.73 Å². The Kier molecular flexibility index (Phi) is 4.32. The maximum Gasteiger partial charge on any atom is 0.0740 e. The molecule has 0 aromatic carbocycles. The first kappa shape index (κ1) is 12.0. The van der Waals surface area contributed by atoms with Gasteiger partial charge in [0.2, 0.25) is 0 Å². The summed E-state index contributed by atoms with van der Waals surface area (Å²) in [5.41, 5.74) is 5.56. The maximum absolute atomic E-state index is 5.56. The van der Waals surface area contributed by atoms with Gasteiger partial charge in [-0.15, -0.1) is 11.3 Å². The Bertz CT molecular complexity index is 331. The lowest BCUT2D eigenvalue weighted by Gasteiger charge is -2.21. The molecule has 1 heterocycles. The van der Waals surface area contributed by atoms with Crippen molar-refractivity contribution in [2.75, 3.05) is 13.1 Å². The van der Waals surface area contributed by atoms with Gasteiger partial charge in [-0.25, -0.2) is 0 Å². The third-order valence-corrected chi connectivity index (χ3v) is 4.07. The zero-order valence-corrected chi connectivity index (χ0v) is 11.0. The summed E-state index contributed by atoms with van der Waals surface area (Å²) in [6, 6.07) is 5.13. The second-order valence-electron chi connectivity index (χ2n) is 4.31. The first-order valence-electron chi connectivity index (χ1n) is 5.80. The van der Waals surface area contributed by atoms with Crippen LogP contribution in [-0.2, 0) is 6.42 Å². The van der Waals surface area contributed by atoms with Crippen LogP contribution in [0, 0.1) is 0 Å². The van der Waals surface area contributed by atoms with Crippen molar-refractivity contribution in [2.24, 2.45) is 5.73 Å². The molecular weight excluding hydrogens is 236 g/mol. The largest absolute Gasteiger partial charge is 0.393 e. The number of hydrogen-bond acceptors (Lipinski definition) is 3. The van der Waals surface area contributed by atoms with E-state index >= 15 is 0 Å². The topological polar surface area (TPSA) is 29.3 Å². The Balaban J connectivity index is 1.76. The van der Waals surface area contributed by atoms with Gasteiger partial charge in [0.05, 0.1) is 4.99 Å². The molecule has 1 aliphatic rings. The van der Waals surface area contributed by atoms with Crippen molar-refractivity contribution >= 4 is 28.5 Å². The van der Waals surface area contributed by atoms with Crippen LogP contribution in [0.25, 0.3) is 0 Å². The first-order chi connectivity index (χ1) is 7.75. The summed E-state index contributed by atoms with van der Waals surface area (Å²) in [4.78, 5) is 4.65. The van der Waals surface area contributed by atoms with E-state index in [1.54, 1.807) is 0 Å². The van der Waals surface area contributed by atoms with Gasteiger partial charge >= 0.3 is 0 Å². The Hall–Kier alpha value is -0.450. The van der Waals surface area contributed by atoms with Crippen LogP contribution in [0.3, 0.4) is 0 Å². The van der Waals surface area contributed by atoms with E-state index < -0.39 is 0 Å². The van der Waals surface area contributed by atoms with Crippen molar-refractivity contribution in [3.8, 4) is 0 Å². The van der Waals surface area contributed by atoms with Crippen molar-refractivity contribution < 1.29 is 0 Å². The summed E-state index contributed by atoms with van der Waals surface area (Å²) in [5.74, 6) is 0. The predicted octanol–water partition coefficient (Wildman–Crippen LogP) is 2.43. The third-order valence-electron chi connectivity index (χ3n) is 2.93. The first-order valence-corrected chi connectivity index (χ1v) is 7.09. The van der Waals surface area contributed by atoms with Gasteiger partial charge < -0.3 is 5.73 Å². The molecule has 2 rings (SSSR count). The highest BCUT2D eigenvalue weighted by Gasteiger charge is 2.28. The number of rotatable bonds is 7. The summed E-state index contributed by atoms with van der Waals surface area (Å²) >= 11 is 6.78. The number of nitrogens with zero attached hydrogens (tertiary/aromatic N) is 1. The highest BCUT2D eigenvalue weighted by atomic mass is 32.1. The summed E-state index contributed by atoms with van der Waals surface area (Å²) in [6.07, 6.45) is 4.71. The maximum atomic E-state index is 5.56. The summed E-state index contributed by atoms with van der Waals surface area (Å²) in [6.45, 7) is 2.18. The van der Waals surface area contributed by atoms with E-state index in [-0.39, 0.29) is 0 Å². The molecule has 0 aliphatic heterocycles. The Morgan fingerprint density at radius 1 is 1.50 bits per heavy atom. The summed E-state index contributed by atoms with van der Waals surface area (Å²) < 4.78 is 0. The lowest BCUT2D eigenvalue weighted by Crippen LogP contribution is -2.31. The quantitative estimate of drug-likeness (QED) is 0.758. The number of nitrogens with two attached hydrogens (primary N) is 1. The number of thiophene rings is 1. The number of hydrogen-bond donors (Lipinski definition) is 1. The van der Waals surface area contributed by atoms with Crippen LogP contribution in [-0.4, -0.2) is 29.0 Å². The van der Waals surface area contributed by atoms with Crippen LogP contribution in [0.2, 0.25) is 0 Å². The van der Waals surface area contributed by atoms with E-state index in [2.05, 4.69) is 22.4 Å². The van der Waals surface area contributed by atoms with Crippen LogP contribution in [0.5, 0.6) is 0 Å². The van der Waals surface area contributed by atoms with E-state index in [0.29, 0.717) is 4.99 Å². The highest BCUT2D eigenvalue weighted by Crippen LogP contribution is 2.27. The van der Waals surface area contributed by atoms with Gasteiger partial charge in [0.1, 0.15) is 0 Å². The van der Waals surface area contributed by atoms with E-state index in [1.165, 1.54) is 17.7 Å². The molecule has 16 heavy (non-hydrogen) atoms. The molecule has 0 bridgehead atoms. The van der Waals surface area contributed by atoms with Crippen molar-refractivity contribution in [3.63, 3.8) is 0 Å². The van der Waals surface area contributed by atoms with E-state index in [9.17, 15) is 0 Å². The minimum atomic E-state index is 0.641. The SMILES string of the molecule is NC(=S)CCN(CCc1cccs1)C1CC1. The molecular formula is C12H18N2S2. The minimum absolute atomic E-state index is 0.641. The molecule has 0 radical (unpaired) electrons. The van der Waals surface area contributed by atoms with E-state index in [1.807, 2.05) is 11.3 Å². The van der Waals surface area contributed by atoms with Crippen molar-refractivity contribution in [3.05, 3.63) is 22.4 Å². The minimum Gasteiger partial charge on any atom is -0.393 e. The molecule has 1 aromatic heterocycles. The summed E-state index contributed by atoms with van der Waals surface area (Å²) in [5, 5.41) is 2.14. The Morgan fingerprint density at radius 3 is 2.88 bits per heavy atom. The molecule has 0 amide bonds. The third kappa shape index (κ3) is 3.85. The molecule has 88 valence electrons. The zero-order valence-electron chi connectivity index (χ0n) is 9.39. The van der Waals surface area contributed by atoms with Crippen molar-refractivity contribution in [1.29, 1.82) is 0 Å². The Labute approximate surface area is 106 Å². The standard InChI is InChI=1S/C12H18N2S2/c13-12(15)6-8-14(10-3-4-10)7-5-11-2-1-9-16-11/h1-2,9-10H,3-8H2,(H2,13,15). The molecule has 1 aliphatic carbocycles. The van der Waals surface area contributed by atoms with Crippen LogP contribution >= 0.6 is 23.6 Å². The second-order valence-corrected chi connectivity index (χ2v) is 5.87. The van der Waals surface area contributed by atoms with Crippen LogP contribution in [0.15, 0.2) is 17.5 Å². The molecule has 0 unspecified atom stereocenters. The predicted molar refractivity (Wildman–Crippen MR) is 74.0 cm³/mol. The van der Waals surface area contributed by atoms with Crippen LogP contribution in [0.4, 0.5) is 0 Å². The lowest BCUT2D eigenvalue weighted by atomic mass is 10.3. The van der Waals surface area contributed by atoms with Gasteiger partial charge in [-0.2, -0.15) is 0 Å². The number of thiocarbonyl (C=S) groups is 1. The lowest BCUT2D eigenvalue weighted by molar-refractivity contribution is 0.275. The Morgan fingerprint density at radius 2 is 2.31 bits per heavy atom. The fraction of sp³-hybridized carbons (Fsp3) is 0.583. The van der Waals surface area contributed by atoms with Gasteiger partial charge in [-0.3, -0.25) is 4.90 Å². The molecule has 0 spiro atoms. The zero-order chi connectivity index (χ0) is 11.4. The fourth-order valence-electron chi connectivity index (χ4n) is 1.88. The molecule has 0 saturated heterocycles. The van der Waals surface area contributed by atoms with Gasteiger partial charge in [0, 0.05) is 30.4 Å². The van der Waals surface area contributed by atoms with Crippen LogP contribution in [0.1, 0.15) is 24.1 Å².